The lowest BCUT2D eigenvalue weighted by Crippen LogP contribution is -1.92. The molecule has 0 bridgehead atoms. The zero-order chi connectivity index (χ0) is 10.8. The van der Waals surface area contributed by atoms with Gasteiger partial charge in [0, 0.05) is 5.56 Å². The highest BCUT2D eigenvalue weighted by Crippen LogP contribution is 2.25. The smallest absolute Gasteiger partial charge is 0.213 e. The van der Waals surface area contributed by atoms with Crippen LogP contribution in [0.4, 0.5) is 4.39 Å². The van der Waals surface area contributed by atoms with Gasteiger partial charge in [-0.15, -0.1) is 0 Å². The molecule has 0 aliphatic heterocycles. The minimum absolute atomic E-state index is 0.435. The Kier molecular flexibility index (Phi) is 2.50. The van der Waals surface area contributed by atoms with Gasteiger partial charge in [-0.1, -0.05) is 24.3 Å². The zero-order valence-electron chi connectivity index (χ0n) is 8.79. The van der Waals surface area contributed by atoms with Crippen molar-refractivity contribution >= 4 is 0 Å². The molecule has 15 heavy (non-hydrogen) atoms. The molecule has 1 aromatic carbocycles. The van der Waals surface area contributed by atoms with Gasteiger partial charge in [-0.25, -0.2) is 4.98 Å². The van der Waals surface area contributed by atoms with Gasteiger partial charge in [-0.3, -0.25) is 0 Å². The van der Waals surface area contributed by atoms with Crippen LogP contribution in [0.1, 0.15) is 11.1 Å². The maximum atomic E-state index is 13.0. The average Bonchev–Trinajstić information content (AvgIpc) is 2.17. The van der Waals surface area contributed by atoms with E-state index >= 15 is 0 Å². The van der Waals surface area contributed by atoms with E-state index in [0.29, 0.717) is 5.69 Å². The Hall–Kier alpha value is -1.70. The second-order valence-electron chi connectivity index (χ2n) is 3.61. The van der Waals surface area contributed by atoms with Gasteiger partial charge in [0.2, 0.25) is 5.95 Å². The molecule has 2 rings (SSSR count). The topological polar surface area (TPSA) is 12.9 Å². The van der Waals surface area contributed by atoms with Crippen molar-refractivity contribution in [3.05, 3.63) is 53.5 Å². The minimum atomic E-state index is -0.435. The Morgan fingerprint density at radius 2 is 1.53 bits per heavy atom. The quantitative estimate of drug-likeness (QED) is 0.643. The lowest BCUT2D eigenvalue weighted by Gasteiger charge is -2.08. The summed E-state index contributed by atoms with van der Waals surface area (Å²) in [7, 11) is 0. The molecule has 1 aromatic heterocycles. The Labute approximate surface area is 88.6 Å². The molecule has 0 N–H and O–H groups in total. The van der Waals surface area contributed by atoms with Crippen LogP contribution in [0.25, 0.3) is 11.3 Å². The molecule has 1 heterocycles. The Bertz CT molecular complexity index is 471. The van der Waals surface area contributed by atoms with Gasteiger partial charge in [-0.05, 0) is 37.1 Å². The van der Waals surface area contributed by atoms with E-state index in [-0.39, 0.29) is 0 Å². The molecule has 2 aromatic rings. The van der Waals surface area contributed by atoms with Crippen LogP contribution in [0.2, 0.25) is 0 Å². The van der Waals surface area contributed by atoms with Crippen LogP contribution in [0.15, 0.2) is 36.4 Å². The molecular formula is C13H12FN. The molecule has 1 nitrogen and oxygen atoms in total. The van der Waals surface area contributed by atoms with Crippen LogP contribution in [-0.2, 0) is 0 Å². The zero-order valence-corrected chi connectivity index (χ0v) is 8.79. The number of nitrogens with zero attached hydrogens (tertiary/aromatic N) is 1. The molecule has 2 heteroatoms. The number of halogens is 1. The van der Waals surface area contributed by atoms with Crippen LogP contribution < -0.4 is 0 Å². The molecule has 0 spiro atoms. The van der Waals surface area contributed by atoms with Crippen LogP contribution >= 0.6 is 0 Å². The monoisotopic (exact) mass is 201 g/mol. The predicted molar refractivity (Wildman–Crippen MR) is 59.1 cm³/mol. The first-order chi connectivity index (χ1) is 7.18. The second kappa shape index (κ2) is 3.81. The van der Waals surface area contributed by atoms with E-state index in [9.17, 15) is 4.39 Å². The van der Waals surface area contributed by atoms with Gasteiger partial charge in [0.05, 0.1) is 5.69 Å². The Morgan fingerprint density at radius 3 is 2.13 bits per heavy atom. The minimum Gasteiger partial charge on any atom is -0.220 e. The third-order valence-corrected chi connectivity index (χ3v) is 2.45. The summed E-state index contributed by atoms with van der Waals surface area (Å²) in [6.45, 7) is 4.02. The van der Waals surface area contributed by atoms with Gasteiger partial charge in [0.25, 0.3) is 0 Å². The summed E-state index contributed by atoms with van der Waals surface area (Å²) >= 11 is 0. The van der Waals surface area contributed by atoms with E-state index in [1.165, 1.54) is 6.07 Å². The number of pyridine rings is 1. The molecule has 0 atom stereocenters. The molecular weight excluding hydrogens is 189 g/mol. The average molecular weight is 201 g/mol. The summed E-state index contributed by atoms with van der Waals surface area (Å²) in [5.74, 6) is -0.435. The largest absolute Gasteiger partial charge is 0.220 e. The fourth-order valence-corrected chi connectivity index (χ4v) is 1.77. The molecule has 0 fully saturated rings. The van der Waals surface area contributed by atoms with E-state index in [1.54, 1.807) is 6.07 Å². The van der Waals surface area contributed by atoms with Gasteiger partial charge in [-0.2, -0.15) is 4.39 Å². The van der Waals surface area contributed by atoms with Crippen molar-refractivity contribution in [1.29, 1.82) is 0 Å². The molecule has 0 aliphatic carbocycles. The molecule has 0 radical (unpaired) electrons. The summed E-state index contributed by atoms with van der Waals surface area (Å²) in [6, 6.07) is 10.9. The van der Waals surface area contributed by atoms with Crippen molar-refractivity contribution in [3.8, 4) is 11.3 Å². The Morgan fingerprint density at radius 1 is 0.933 bits per heavy atom. The van der Waals surface area contributed by atoms with Gasteiger partial charge < -0.3 is 0 Å². The first-order valence-electron chi connectivity index (χ1n) is 4.87. The maximum Gasteiger partial charge on any atom is 0.213 e. The molecule has 0 saturated carbocycles. The standard InChI is InChI=1S/C13H12FN/c1-9-5-3-6-10(2)13(9)11-7-4-8-12(14)15-11/h3-8H,1-2H3. The molecule has 76 valence electrons. The number of hydrogen-bond acceptors (Lipinski definition) is 1. The molecule has 0 aliphatic rings. The highest BCUT2D eigenvalue weighted by molar-refractivity contribution is 5.67. The van der Waals surface area contributed by atoms with E-state index in [0.717, 1.165) is 16.7 Å². The normalized spacial score (nSPS) is 10.3. The number of aromatic nitrogens is 1. The van der Waals surface area contributed by atoms with Crippen LogP contribution in [-0.4, -0.2) is 4.98 Å². The van der Waals surface area contributed by atoms with Gasteiger partial charge >= 0.3 is 0 Å². The highest BCUT2D eigenvalue weighted by Gasteiger charge is 2.06. The van der Waals surface area contributed by atoms with E-state index < -0.39 is 5.95 Å². The van der Waals surface area contributed by atoms with Crippen molar-refractivity contribution in [3.63, 3.8) is 0 Å². The summed E-state index contributed by atoms with van der Waals surface area (Å²) in [5, 5.41) is 0. The first-order valence-corrected chi connectivity index (χ1v) is 4.87. The Balaban J connectivity index is 2.63. The molecule has 0 unspecified atom stereocenters. The molecule has 0 amide bonds. The predicted octanol–water partition coefficient (Wildman–Crippen LogP) is 3.50. The summed E-state index contributed by atoms with van der Waals surface area (Å²) in [5.41, 5.74) is 3.96. The number of aryl methyl sites for hydroxylation is 2. The highest BCUT2D eigenvalue weighted by atomic mass is 19.1. The number of hydrogen-bond donors (Lipinski definition) is 0. The van der Waals surface area contributed by atoms with Gasteiger partial charge in [0.15, 0.2) is 0 Å². The SMILES string of the molecule is Cc1cccc(C)c1-c1cccc(F)n1. The number of rotatable bonds is 1. The lowest BCUT2D eigenvalue weighted by molar-refractivity contribution is 0.585. The van der Waals surface area contributed by atoms with Crippen LogP contribution in [0.5, 0.6) is 0 Å². The summed E-state index contributed by atoms with van der Waals surface area (Å²) in [4.78, 5) is 3.90. The van der Waals surface area contributed by atoms with Crippen molar-refractivity contribution in [2.24, 2.45) is 0 Å². The second-order valence-corrected chi connectivity index (χ2v) is 3.61. The van der Waals surface area contributed by atoms with Crippen molar-refractivity contribution < 1.29 is 4.39 Å². The fraction of sp³-hybridized carbons (Fsp3) is 0.154. The van der Waals surface area contributed by atoms with E-state index in [1.807, 2.05) is 38.1 Å². The van der Waals surface area contributed by atoms with Crippen LogP contribution in [0, 0.1) is 19.8 Å². The van der Waals surface area contributed by atoms with Crippen molar-refractivity contribution in [2.75, 3.05) is 0 Å². The number of benzene rings is 1. The van der Waals surface area contributed by atoms with Gasteiger partial charge in [0.1, 0.15) is 0 Å². The summed E-state index contributed by atoms with van der Waals surface area (Å²) in [6.07, 6.45) is 0. The fourth-order valence-electron chi connectivity index (χ4n) is 1.77. The van der Waals surface area contributed by atoms with Crippen LogP contribution in [0.3, 0.4) is 0 Å². The third-order valence-electron chi connectivity index (χ3n) is 2.45. The summed E-state index contributed by atoms with van der Waals surface area (Å²) < 4.78 is 13.0. The van der Waals surface area contributed by atoms with Crippen molar-refractivity contribution in [1.82, 2.24) is 4.98 Å². The maximum absolute atomic E-state index is 13.0. The molecule has 0 saturated heterocycles. The van der Waals surface area contributed by atoms with Crippen molar-refractivity contribution in [2.45, 2.75) is 13.8 Å². The van der Waals surface area contributed by atoms with E-state index in [4.69, 9.17) is 0 Å². The first kappa shape index (κ1) is 9.84. The lowest BCUT2D eigenvalue weighted by atomic mass is 10.00. The third kappa shape index (κ3) is 1.89. The van der Waals surface area contributed by atoms with E-state index in [2.05, 4.69) is 4.98 Å².